The molecule has 4 bridgehead atoms. The van der Waals surface area contributed by atoms with Gasteiger partial charge < -0.3 is 32.7 Å². The molecule has 1 saturated carbocycles. The molecule has 0 amide bonds. The maximum absolute atomic E-state index is 12.3. The number of nitrogens with zero attached hydrogens (tertiary/aromatic N) is 1. The van der Waals surface area contributed by atoms with Crippen LogP contribution in [0.1, 0.15) is 83.5 Å². The molecule has 2 aromatic rings. The summed E-state index contributed by atoms with van der Waals surface area (Å²) in [5.41, 5.74) is 8.06. The summed E-state index contributed by atoms with van der Waals surface area (Å²) in [5, 5.41) is 3.30. The van der Waals surface area contributed by atoms with Crippen molar-refractivity contribution in [1.29, 1.82) is 0 Å². The van der Waals surface area contributed by atoms with Crippen molar-refractivity contribution < 1.29 is 53.8 Å². The third-order valence-electron chi connectivity index (χ3n) is 9.07. The largest absolute Gasteiger partial charge is 0.465 e. The van der Waals surface area contributed by atoms with E-state index in [0.717, 1.165) is 6.42 Å². The summed E-state index contributed by atoms with van der Waals surface area (Å²) >= 11 is 0. The molecule has 2 aliphatic carbocycles. The van der Waals surface area contributed by atoms with E-state index < -0.39 is 5.97 Å². The van der Waals surface area contributed by atoms with Crippen LogP contribution in [-0.2, 0) is 53.8 Å². The van der Waals surface area contributed by atoms with Gasteiger partial charge in [-0.25, -0.2) is 4.79 Å². The van der Waals surface area contributed by atoms with E-state index in [4.69, 9.17) is 15.2 Å². The number of likely N-dealkylation sites (tertiary alicyclic amines) is 1. The third-order valence-corrected chi connectivity index (χ3v) is 9.07. The second kappa shape index (κ2) is 23.3. The van der Waals surface area contributed by atoms with Crippen molar-refractivity contribution in [3.63, 3.8) is 0 Å². The topological polar surface area (TPSA) is 137 Å². The first-order valence-electron chi connectivity index (χ1n) is 17.2. The predicted octanol–water partition coefficient (Wildman–Crippen LogP) is 5.53. The van der Waals surface area contributed by atoms with Crippen LogP contribution in [0.15, 0.2) is 72.8 Å². The van der Waals surface area contributed by atoms with E-state index in [1.807, 2.05) is 57.2 Å². The maximum Gasteiger partial charge on any atom is 0.371 e. The summed E-state index contributed by atoms with van der Waals surface area (Å²) in [6.45, 7) is 10.7. The Morgan fingerprint density at radius 2 is 1.40 bits per heavy atom. The summed E-state index contributed by atoms with van der Waals surface area (Å²) in [7, 11) is 0. The molecule has 4 aliphatic rings. The Balaban J connectivity index is 0.000000359. The molecule has 0 spiro atoms. The van der Waals surface area contributed by atoms with Gasteiger partial charge in [0.1, 0.15) is 12.1 Å². The zero-order valence-electron chi connectivity index (χ0n) is 30.3. The normalized spacial score (nSPS) is 24.5. The van der Waals surface area contributed by atoms with Crippen LogP contribution in [0.5, 0.6) is 0 Å². The van der Waals surface area contributed by atoms with Gasteiger partial charge in [-0.2, -0.15) is 0 Å². The number of nitrogens with one attached hydrogen (secondary N) is 1. The van der Waals surface area contributed by atoms with E-state index >= 15 is 0 Å². The Bertz CT molecular complexity index is 1330. The van der Waals surface area contributed by atoms with E-state index in [1.165, 1.54) is 30.4 Å². The minimum Gasteiger partial charge on any atom is -0.465 e. The van der Waals surface area contributed by atoms with Crippen LogP contribution in [0, 0.1) is 19.3 Å². The van der Waals surface area contributed by atoms with Gasteiger partial charge in [0.25, 0.3) is 0 Å². The molecular formula is C39H56N3O7Pd-. The van der Waals surface area contributed by atoms with E-state index in [9.17, 15) is 19.2 Å². The van der Waals surface area contributed by atoms with Crippen LogP contribution < -0.4 is 11.1 Å². The van der Waals surface area contributed by atoms with Gasteiger partial charge in [0.05, 0.1) is 19.8 Å². The van der Waals surface area contributed by atoms with Gasteiger partial charge >= 0.3 is 17.9 Å². The molecule has 0 aromatic heterocycles. The summed E-state index contributed by atoms with van der Waals surface area (Å²) in [6.07, 6.45) is 9.20. The van der Waals surface area contributed by atoms with Crippen LogP contribution in [0.2, 0.25) is 0 Å². The number of carbonyl (C=O) groups excluding carboxylic acids is 4. The molecule has 6 rings (SSSR count). The molecule has 2 aliphatic heterocycles. The quantitative estimate of drug-likeness (QED) is 0.0636. The van der Waals surface area contributed by atoms with Crippen molar-refractivity contribution in [2.45, 2.75) is 96.6 Å². The molecule has 3 N–H and O–H groups in total. The van der Waals surface area contributed by atoms with Crippen molar-refractivity contribution >= 4 is 24.2 Å². The number of ether oxygens (including phenoxy) is 3. The summed E-state index contributed by atoms with van der Waals surface area (Å²) in [5.74, 6) is -0.0707. The molecule has 2 heterocycles. The molecule has 8 atom stereocenters. The number of nitrogens with two attached hydrogens (primary N) is 1. The Morgan fingerprint density at radius 3 is 1.84 bits per heavy atom. The number of piperidine rings is 1. The molecule has 2 aromatic carbocycles. The molecule has 11 heteroatoms. The van der Waals surface area contributed by atoms with Gasteiger partial charge in [-0.05, 0) is 77.3 Å². The van der Waals surface area contributed by atoms with Crippen LogP contribution >= 0.6 is 0 Å². The maximum atomic E-state index is 12.3. The third kappa shape index (κ3) is 12.8. The summed E-state index contributed by atoms with van der Waals surface area (Å²) < 4.78 is 14.4. The van der Waals surface area contributed by atoms with Crippen LogP contribution in [0.4, 0.5) is 0 Å². The zero-order chi connectivity index (χ0) is 35.1. The van der Waals surface area contributed by atoms with Gasteiger partial charge in [-0.15, -0.1) is 0 Å². The van der Waals surface area contributed by atoms with Crippen LogP contribution in [-0.4, -0.2) is 73.1 Å². The van der Waals surface area contributed by atoms with Crippen molar-refractivity contribution in [1.82, 2.24) is 10.2 Å². The monoisotopic (exact) mass is 784 g/mol. The molecule has 0 radical (unpaired) electrons. The first-order valence-corrected chi connectivity index (χ1v) is 17.2. The fraction of sp³-hybridized carbons (Fsp3) is 0.513. The van der Waals surface area contributed by atoms with Gasteiger partial charge in [0.15, 0.2) is 0 Å². The van der Waals surface area contributed by atoms with Crippen molar-refractivity contribution in [2.75, 3.05) is 19.8 Å². The summed E-state index contributed by atoms with van der Waals surface area (Å²) in [4.78, 5) is 45.2. The first kappa shape index (κ1) is 44.8. The average molecular weight is 785 g/mol. The van der Waals surface area contributed by atoms with Gasteiger partial charge in [-0.1, -0.05) is 72.8 Å². The van der Waals surface area contributed by atoms with E-state index in [1.54, 1.807) is 6.92 Å². The number of fused-ring (bicyclic) bond motifs is 4. The fourth-order valence-corrected chi connectivity index (χ4v) is 6.83. The van der Waals surface area contributed by atoms with Crippen molar-refractivity contribution in [3.8, 4) is 0 Å². The number of hydrogen-bond donors (Lipinski definition) is 2. The molecule has 3 fully saturated rings. The first-order chi connectivity index (χ1) is 23.1. The minimum absolute atomic E-state index is 0. The number of benzene rings is 2. The second-order valence-corrected chi connectivity index (χ2v) is 12.3. The van der Waals surface area contributed by atoms with Gasteiger partial charge in [0, 0.05) is 50.5 Å². The van der Waals surface area contributed by atoms with Gasteiger partial charge in [-0.3, -0.25) is 19.3 Å². The van der Waals surface area contributed by atoms with E-state index in [0.29, 0.717) is 37.1 Å². The molecule has 0 unspecified atom stereocenters. The molecular weight excluding hydrogens is 729 g/mol. The fourth-order valence-electron chi connectivity index (χ4n) is 6.83. The van der Waals surface area contributed by atoms with Gasteiger partial charge in [0.2, 0.25) is 6.29 Å². The molecule has 50 heavy (non-hydrogen) atoms. The average Bonchev–Trinajstić information content (AvgIpc) is 3.93. The smallest absolute Gasteiger partial charge is 0.371 e. The second-order valence-electron chi connectivity index (χ2n) is 12.3. The Hall–Kier alpha value is -3.20. The standard InChI is InChI=1S/C17H21NO2.C9H15NO2.C8H11N.C4H6O3.CH3.Pd/c1-3-20-17(19)16-14-9-10-15(11-14)18(16)12(2)13-7-5-4-6-8-13;1-2-12-9(11)8-6-3-4-7(5-6)10-8;1-7(9)8-5-3-2-4-6-8;1-2-7-4(6)3-5;;/h4-10,12,14-16H,3,11H2,1-2H3;6-8,10H,2-5H2,1H3;2-7H,9H2,1H3;3H,2H2,1H3;1H3;/q;;;;-1;/t12-,14-,15+,16+;6-,7+,8+;7-;;;/m001.../s1. The number of hydrogen-bond acceptors (Lipinski definition) is 10. The van der Waals surface area contributed by atoms with Crippen LogP contribution in [0.25, 0.3) is 0 Å². The summed E-state index contributed by atoms with van der Waals surface area (Å²) in [6, 6.07) is 21.7. The minimum atomic E-state index is -0.803. The number of rotatable bonds is 9. The molecule has 280 valence electrons. The number of esters is 3. The Kier molecular flexibility index (Phi) is 20.9. The van der Waals surface area contributed by atoms with Crippen molar-refractivity contribution in [2.24, 2.45) is 17.6 Å². The predicted molar refractivity (Wildman–Crippen MR) is 191 cm³/mol. The van der Waals surface area contributed by atoms with E-state index in [2.05, 4.69) is 58.3 Å². The van der Waals surface area contributed by atoms with Crippen molar-refractivity contribution in [3.05, 3.63) is 91.4 Å². The zero-order valence-corrected chi connectivity index (χ0v) is 31.8. The van der Waals surface area contributed by atoms with E-state index in [-0.39, 0.29) is 76.8 Å². The number of carbonyl (C=O) groups is 4. The molecule has 10 nitrogen and oxygen atoms in total. The Labute approximate surface area is 312 Å². The molecule has 2 saturated heterocycles. The van der Waals surface area contributed by atoms with Crippen LogP contribution in [0.3, 0.4) is 0 Å². The Morgan fingerprint density at radius 1 is 0.840 bits per heavy atom. The SMILES string of the molecule is CCOC(=O)C=O.CCOC(=O)[C@@H]1N[C@@H]2CC[C@H]1C2.CCOC(=O)[C@H]1[C@H]2C=C[C@H](C2)N1[C@@H](C)c1ccccc1.C[C@@H](N)c1ccccc1.[CH3-].[Pd]. The number of aldehydes is 1.